The number of anilines is 1. The first kappa shape index (κ1) is 15.3. The predicted octanol–water partition coefficient (Wildman–Crippen LogP) is 3.74. The van der Waals surface area contributed by atoms with Crippen LogP contribution in [0.1, 0.15) is 0 Å². The zero-order valence-electron chi connectivity index (χ0n) is 14.1. The second-order valence-electron chi connectivity index (χ2n) is 5.99. The van der Waals surface area contributed by atoms with Crippen molar-refractivity contribution in [1.29, 1.82) is 0 Å². The average Bonchev–Trinajstić information content (AvgIpc) is 3.14. The van der Waals surface area contributed by atoms with E-state index in [2.05, 4.69) is 20.3 Å². The van der Waals surface area contributed by atoms with E-state index in [0.29, 0.717) is 17.3 Å². The number of hydrogen-bond donors (Lipinski definition) is 1. The molecule has 27 heavy (non-hydrogen) atoms. The first-order chi connectivity index (χ1) is 13.3. The highest BCUT2D eigenvalue weighted by molar-refractivity contribution is 5.88. The van der Waals surface area contributed by atoms with Crippen LogP contribution in [0.5, 0.6) is 11.6 Å². The van der Waals surface area contributed by atoms with E-state index in [1.807, 2.05) is 66.7 Å². The van der Waals surface area contributed by atoms with Crippen LogP contribution in [0, 0.1) is 0 Å². The van der Waals surface area contributed by atoms with Crippen LogP contribution in [0.25, 0.3) is 27.6 Å². The van der Waals surface area contributed by atoms with Crippen molar-refractivity contribution in [3.05, 3.63) is 73.1 Å². The van der Waals surface area contributed by atoms with Crippen LogP contribution >= 0.6 is 0 Å². The lowest BCUT2D eigenvalue weighted by Crippen LogP contribution is -2.07. The van der Waals surface area contributed by atoms with Gasteiger partial charge >= 0.3 is 0 Å². The van der Waals surface area contributed by atoms with E-state index >= 15 is 0 Å². The molecule has 0 atom stereocenters. The Morgan fingerprint density at radius 2 is 1.67 bits per heavy atom. The number of nitrogens with zero attached hydrogens (tertiary/aromatic N) is 5. The molecule has 0 saturated heterocycles. The third-order valence-corrected chi connectivity index (χ3v) is 4.34. The van der Waals surface area contributed by atoms with Crippen molar-refractivity contribution >= 4 is 27.5 Å². The van der Waals surface area contributed by atoms with Gasteiger partial charge in [-0.25, -0.2) is 4.98 Å². The molecule has 5 rings (SSSR count). The molecule has 130 valence electrons. The summed E-state index contributed by atoms with van der Waals surface area (Å²) in [7, 11) is 0. The van der Waals surface area contributed by atoms with E-state index in [1.165, 1.54) is 6.33 Å². The Hall–Kier alpha value is -4.00. The van der Waals surface area contributed by atoms with Crippen molar-refractivity contribution in [3.8, 4) is 17.4 Å². The normalized spacial score (nSPS) is 11.1. The highest BCUT2D eigenvalue weighted by atomic mass is 16.5. The molecule has 7 nitrogen and oxygen atoms in total. The molecule has 0 radical (unpaired) electrons. The Morgan fingerprint density at radius 3 is 2.63 bits per heavy atom. The number of nitrogens with two attached hydrogens (primary N) is 1. The third kappa shape index (κ3) is 2.53. The Labute approximate surface area is 154 Å². The molecule has 2 heterocycles. The van der Waals surface area contributed by atoms with Gasteiger partial charge < -0.3 is 10.5 Å². The number of nitrogen functional groups attached to an aromatic ring is 1. The minimum absolute atomic E-state index is 0.274. The topological polar surface area (TPSA) is 91.7 Å². The van der Waals surface area contributed by atoms with E-state index in [1.54, 1.807) is 4.68 Å². The fraction of sp³-hybridized carbons (Fsp3) is 0. The van der Waals surface area contributed by atoms with Crippen LogP contribution in [-0.2, 0) is 0 Å². The molecular weight excluding hydrogens is 340 g/mol. The third-order valence-electron chi connectivity index (χ3n) is 4.34. The summed E-state index contributed by atoms with van der Waals surface area (Å²) in [4.78, 5) is 8.49. The number of aromatic nitrogens is 5. The summed E-state index contributed by atoms with van der Waals surface area (Å²) in [6.45, 7) is 0. The zero-order chi connectivity index (χ0) is 18.2. The lowest BCUT2D eigenvalue weighted by atomic mass is 10.1. The minimum atomic E-state index is 0.274. The van der Waals surface area contributed by atoms with Crippen molar-refractivity contribution in [3.63, 3.8) is 0 Å². The van der Waals surface area contributed by atoms with E-state index in [9.17, 15) is 0 Å². The van der Waals surface area contributed by atoms with Crippen LogP contribution < -0.4 is 10.5 Å². The van der Waals surface area contributed by atoms with E-state index in [-0.39, 0.29) is 5.88 Å². The second kappa shape index (κ2) is 6.06. The smallest absolute Gasteiger partial charge is 0.248 e. The molecule has 2 N–H and O–H groups in total. The van der Waals surface area contributed by atoms with Crippen LogP contribution in [0.15, 0.2) is 73.1 Å². The maximum atomic E-state index is 6.32. The van der Waals surface area contributed by atoms with Gasteiger partial charge in [0.1, 0.15) is 23.3 Å². The Morgan fingerprint density at radius 1 is 0.852 bits per heavy atom. The maximum Gasteiger partial charge on any atom is 0.248 e. The highest BCUT2D eigenvalue weighted by Gasteiger charge is 2.16. The van der Waals surface area contributed by atoms with Gasteiger partial charge in [-0.3, -0.25) is 0 Å². The Bertz CT molecular complexity index is 1270. The Balaban J connectivity index is 1.61. The summed E-state index contributed by atoms with van der Waals surface area (Å²) in [5, 5.41) is 10.4. The van der Waals surface area contributed by atoms with Gasteiger partial charge in [-0.05, 0) is 23.6 Å². The van der Waals surface area contributed by atoms with E-state index in [4.69, 9.17) is 10.5 Å². The van der Waals surface area contributed by atoms with Crippen LogP contribution in [-0.4, -0.2) is 25.0 Å². The molecule has 0 aliphatic heterocycles. The summed E-state index contributed by atoms with van der Waals surface area (Å²) in [5.74, 6) is 1.37. The standard InChI is InChI=1S/C20H14N6O/c21-18-19(26-16-10-4-3-9-15(16)24-25-26)22-12-23-20(18)27-17-11-5-7-13-6-1-2-8-14(13)17/h1-12H,21H2. The monoisotopic (exact) mass is 354 g/mol. The quantitative estimate of drug-likeness (QED) is 0.531. The SMILES string of the molecule is Nc1c(Oc2cccc3ccccc23)ncnc1-n1nnc2ccccc21. The molecule has 0 aliphatic carbocycles. The molecule has 0 aliphatic rings. The second-order valence-corrected chi connectivity index (χ2v) is 5.99. The number of hydrogen-bond acceptors (Lipinski definition) is 6. The Kier molecular flexibility index (Phi) is 3.43. The van der Waals surface area contributed by atoms with Gasteiger partial charge in [-0.2, -0.15) is 9.67 Å². The minimum Gasteiger partial charge on any atom is -0.436 e. The summed E-state index contributed by atoms with van der Waals surface area (Å²) < 4.78 is 7.62. The average molecular weight is 354 g/mol. The van der Waals surface area contributed by atoms with Crippen molar-refractivity contribution in [1.82, 2.24) is 25.0 Å². The molecule has 0 fully saturated rings. The molecule has 0 unspecified atom stereocenters. The summed E-state index contributed by atoms with van der Waals surface area (Å²) in [5.41, 5.74) is 8.17. The molecule has 0 amide bonds. The van der Waals surface area contributed by atoms with Gasteiger partial charge in [-0.1, -0.05) is 53.7 Å². The van der Waals surface area contributed by atoms with Gasteiger partial charge in [0.25, 0.3) is 0 Å². The van der Waals surface area contributed by atoms with Gasteiger partial charge in [0.05, 0.1) is 5.52 Å². The molecule has 5 aromatic rings. The highest BCUT2D eigenvalue weighted by Crippen LogP contribution is 2.33. The molecule has 0 saturated carbocycles. The van der Waals surface area contributed by atoms with Crippen molar-refractivity contribution in [2.75, 3.05) is 5.73 Å². The largest absolute Gasteiger partial charge is 0.436 e. The lowest BCUT2D eigenvalue weighted by molar-refractivity contribution is 0.469. The van der Waals surface area contributed by atoms with Crippen LogP contribution in [0.4, 0.5) is 5.69 Å². The number of rotatable bonds is 3. The molecule has 7 heteroatoms. The van der Waals surface area contributed by atoms with E-state index < -0.39 is 0 Å². The summed E-state index contributed by atoms with van der Waals surface area (Å²) in [6, 6.07) is 21.4. The van der Waals surface area contributed by atoms with Crippen molar-refractivity contribution in [2.45, 2.75) is 0 Å². The molecular formula is C20H14N6O. The summed E-state index contributed by atoms with van der Waals surface area (Å²) >= 11 is 0. The van der Waals surface area contributed by atoms with Gasteiger partial charge in [0.15, 0.2) is 5.82 Å². The number of benzene rings is 3. The molecule has 0 spiro atoms. The van der Waals surface area contributed by atoms with Gasteiger partial charge in [-0.15, -0.1) is 5.10 Å². The number of ether oxygens (including phenoxy) is 1. The molecule has 2 aromatic heterocycles. The fourth-order valence-electron chi connectivity index (χ4n) is 3.04. The van der Waals surface area contributed by atoms with Gasteiger partial charge in [0.2, 0.25) is 5.88 Å². The van der Waals surface area contributed by atoms with Crippen molar-refractivity contribution < 1.29 is 4.74 Å². The molecule has 0 bridgehead atoms. The molecule has 3 aromatic carbocycles. The van der Waals surface area contributed by atoms with E-state index in [0.717, 1.165) is 21.8 Å². The first-order valence-corrected chi connectivity index (χ1v) is 8.38. The van der Waals surface area contributed by atoms with Crippen LogP contribution in [0.2, 0.25) is 0 Å². The van der Waals surface area contributed by atoms with Crippen LogP contribution in [0.3, 0.4) is 0 Å². The maximum absolute atomic E-state index is 6.32. The first-order valence-electron chi connectivity index (χ1n) is 8.38. The fourth-order valence-corrected chi connectivity index (χ4v) is 3.04. The lowest BCUT2D eigenvalue weighted by Gasteiger charge is -2.12. The van der Waals surface area contributed by atoms with Crippen molar-refractivity contribution in [2.24, 2.45) is 0 Å². The number of para-hydroxylation sites is 1. The summed E-state index contributed by atoms with van der Waals surface area (Å²) in [6.07, 6.45) is 1.41. The zero-order valence-corrected chi connectivity index (χ0v) is 14.1. The number of fused-ring (bicyclic) bond motifs is 2. The predicted molar refractivity (Wildman–Crippen MR) is 103 cm³/mol. The van der Waals surface area contributed by atoms with Gasteiger partial charge in [0, 0.05) is 5.39 Å².